The van der Waals surface area contributed by atoms with Crippen LogP contribution in [0.5, 0.6) is 0 Å². The second-order valence-electron chi connectivity index (χ2n) is 4.53. The van der Waals surface area contributed by atoms with Crippen LogP contribution in [0.15, 0.2) is 12.7 Å². The molecule has 0 spiro atoms. The van der Waals surface area contributed by atoms with Gasteiger partial charge in [-0.05, 0) is 0 Å². The van der Waals surface area contributed by atoms with Gasteiger partial charge >= 0.3 is 0 Å². The number of anilines is 1. The van der Waals surface area contributed by atoms with Gasteiger partial charge in [0.15, 0.2) is 17.6 Å². The van der Waals surface area contributed by atoms with Gasteiger partial charge in [0.1, 0.15) is 30.4 Å². The van der Waals surface area contributed by atoms with Crippen LogP contribution in [0.4, 0.5) is 10.2 Å². The Morgan fingerprint density at radius 2 is 2.20 bits per heavy atom. The second kappa shape index (κ2) is 4.31. The number of nitrogen functional groups attached to an aromatic ring is 1. The zero-order valence-corrected chi connectivity index (χ0v) is 10.2. The fourth-order valence-corrected chi connectivity index (χ4v) is 2.25. The van der Waals surface area contributed by atoms with Crippen LogP contribution in [0.3, 0.4) is 0 Å². The third-order valence-corrected chi connectivity index (χ3v) is 3.33. The number of hydrogen-bond acceptors (Lipinski definition) is 8. The molecule has 1 aliphatic heterocycles. The van der Waals surface area contributed by atoms with E-state index in [1.807, 2.05) is 0 Å². The van der Waals surface area contributed by atoms with Gasteiger partial charge in [0.05, 0.1) is 6.61 Å². The molecule has 1 fully saturated rings. The van der Waals surface area contributed by atoms with Gasteiger partial charge in [0, 0.05) is 0 Å². The van der Waals surface area contributed by atoms with Gasteiger partial charge in [-0.25, -0.2) is 19.3 Å². The summed E-state index contributed by atoms with van der Waals surface area (Å²) in [5.74, 6) is -1.91. The summed E-state index contributed by atoms with van der Waals surface area (Å²) in [4.78, 5) is 11.7. The van der Waals surface area contributed by atoms with Crippen molar-refractivity contribution in [2.45, 2.75) is 24.2 Å². The van der Waals surface area contributed by atoms with E-state index in [9.17, 15) is 9.50 Å². The quantitative estimate of drug-likeness (QED) is 0.498. The smallest absolute Gasteiger partial charge is 0.237 e. The third kappa shape index (κ3) is 1.59. The summed E-state index contributed by atoms with van der Waals surface area (Å²) in [6.45, 7) is -0.565. The molecule has 1 aliphatic rings. The van der Waals surface area contributed by atoms with Crippen molar-refractivity contribution in [3.8, 4) is 0 Å². The van der Waals surface area contributed by atoms with E-state index >= 15 is 0 Å². The van der Waals surface area contributed by atoms with E-state index in [1.54, 1.807) is 0 Å². The lowest BCUT2D eigenvalue weighted by molar-refractivity contribution is -0.127. The number of aliphatic hydroxyl groups excluding tert-OH is 2. The number of nitrogens with zero attached hydrogens (tertiary/aromatic N) is 4. The fraction of sp³-hybridized carbons (Fsp3) is 0.500. The molecular formula is C10H13FN6O3. The monoisotopic (exact) mass is 284 g/mol. The van der Waals surface area contributed by atoms with Crippen molar-refractivity contribution in [1.29, 1.82) is 0 Å². The topological polar surface area (TPSA) is 145 Å². The molecule has 1 saturated heterocycles. The molecule has 3 heterocycles. The lowest BCUT2D eigenvalue weighted by Gasteiger charge is -2.27. The molecule has 6 N–H and O–H groups in total. The van der Waals surface area contributed by atoms with Crippen LogP contribution >= 0.6 is 0 Å². The van der Waals surface area contributed by atoms with Crippen LogP contribution in [-0.2, 0) is 10.6 Å². The molecule has 0 unspecified atom stereocenters. The number of fused-ring (bicyclic) bond motifs is 1. The summed E-state index contributed by atoms with van der Waals surface area (Å²) < 4.78 is 20.6. The molecule has 4 atom stereocenters. The van der Waals surface area contributed by atoms with Crippen LogP contribution in [0, 0.1) is 0 Å². The highest BCUT2D eigenvalue weighted by molar-refractivity contribution is 5.81. The van der Waals surface area contributed by atoms with Crippen molar-refractivity contribution in [2.75, 3.05) is 12.3 Å². The first-order valence-electron chi connectivity index (χ1n) is 5.82. The van der Waals surface area contributed by atoms with E-state index < -0.39 is 30.8 Å². The number of ether oxygens (including phenoxy) is 1. The molecule has 0 aromatic carbocycles. The number of rotatable bonds is 2. The van der Waals surface area contributed by atoms with Crippen molar-refractivity contribution in [3.05, 3.63) is 12.7 Å². The summed E-state index contributed by atoms with van der Waals surface area (Å²) in [6, 6.07) is 0. The largest absolute Gasteiger partial charge is 0.394 e. The number of alkyl halides is 1. The Morgan fingerprint density at radius 1 is 1.45 bits per heavy atom. The maximum absolute atomic E-state index is 14.3. The Hall–Kier alpha value is -1.88. The van der Waals surface area contributed by atoms with Crippen molar-refractivity contribution >= 4 is 17.0 Å². The Labute approximate surface area is 112 Å². The van der Waals surface area contributed by atoms with Gasteiger partial charge in [-0.15, -0.1) is 0 Å². The summed E-state index contributed by atoms with van der Waals surface area (Å²) in [6.07, 6.45) is -2.27. The van der Waals surface area contributed by atoms with Crippen LogP contribution < -0.4 is 11.5 Å². The van der Waals surface area contributed by atoms with E-state index in [0.717, 1.165) is 4.57 Å². The van der Waals surface area contributed by atoms with Crippen molar-refractivity contribution in [3.63, 3.8) is 0 Å². The summed E-state index contributed by atoms with van der Waals surface area (Å²) >= 11 is 0. The second-order valence-corrected chi connectivity index (χ2v) is 4.53. The standard InChI is InChI=1S/C10H13FN6O3/c11-7-6(19)4(1-18)20-10(7,13)17-3-16-5-8(12)14-2-15-9(5)17/h2-4,6-7,18-19H,1,13H2,(H2,12,14,15)/t4-,6-,7-,10+/m1/s1. The first-order chi connectivity index (χ1) is 9.49. The van der Waals surface area contributed by atoms with Crippen molar-refractivity contribution < 1.29 is 19.3 Å². The zero-order valence-electron chi connectivity index (χ0n) is 10.2. The Morgan fingerprint density at radius 3 is 2.85 bits per heavy atom. The molecule has 0 aliphatic carbocycles. The number of nitrogens with two attached hydrogens (primary N) is 2. The van der Waals surface area contributed by atoms with Crippen LogP contribution in [0.1, 0.15) is 0 Å². The molecular weight excluding hydrogens is 271 g/mol. The van der Waals surface area contributed by atoms with Gasteiger partial charge in [0.2, 0.25) is 5.85 Å². The minimum absolute atomic E-state index is 0.116. The molecule has 20 heavy (non-hydrogen) atoms. The van der Waals surface area contributed by atoms with Crippen molar-refractivity contribution in [1.82, 2.24) is 19.5 Å². The molecule has 3 rings (SSSR count). The average Bonchev–Trinajstić information content (AvgIpc) is 2.96. The van der Waals surface area contributed by atoms with Gasteiger partial charge in [0.25, 0.3) is 0 Å². The maximum Gasteiger partial charge on any atom is 0.237 e. The van der Waals surface area contributed by atoms with Crippen LogP contribution in [0.2, 0.25) is 0 Å². The Kier molecular flexibility index (Phi) is 2.83. The number of halogens is 1. The predicted octanol–water partition coefficient (Wildman–Crippen LogP) is -1.93. The lowest BCUT2D eigenvalue weighted by atomic mass is 10.1. The van der Waals surface area contributed by atoms with Crippen LogP contribution in [-0.4, -0.2) is 54.7 Å². The molecule has 2 aromatic heterocycles. The predicted molar refractivity (Wildman–Crippen MR) is 64.8 cm³/mol. The maximum atomic E-state index is 14.3. The van der Waals surface area contributed by atoms with Gasteiger partial charge in [-0.1, -0.05) is 0 Å². The van der Waals surface area contributed by atoms with Gasteiger partial charge in [-0.3, -0.25) is 10.3 Å². The summed E-state index contributed by atoms with van der Waals surface area (Å²) in [5.41, 5.74) is 11.9. The average molecular weight is 284 g/mol. The molecule has 108 valence electrons. The minimum Gasteiger partial charge on any atom is -0.394 e. The number of hydrogen-bond donors (Lipinski definition) is 4. The zero-order chi connectivity index (χ0) is 14.5. The number of aromatic nitrogens is 4. The highest BCUT2D eigenvalue weighted by Crippen LogP contribution is 2.35. The highest BCUT2D eigenvalue weighted by atomic mass is 19.1. The molecule has 9 nitrogen and oxygen atoms in total. The molecule has 10 heteroatoms. The number of imidazole rings is 1. The van der Waals surface area contributed by atoms with Gasteiger partial charge in [-0.2, -0.15) is 0 Å². The molecule has 0 amide bonds. The van der Waals surface area contributed by atoms with Gasteiger partial charge < -0.3 is 20.7 Å². The summed E-state index contributed by atoms with van der Waals surface area (Å²) in [5, 5.41) is 18.8. The van der Waals surface area contributed by atoms with Crippen molar-refractivity contribution in [2.24, 2.45) is 5.73 Å². The van der Waals surface area contributed by atoms with E-state index in [2.05, 4.69) is 15.0 Å². The molecule has 0 bridgehead atoms. The summed E-state index contributed by atoms with van der Waals surface area (Å²) in [7, 11) is 0. The minimum atomic E-state index is -2.03. The van der Waals surface area contributed by atoms with E-state index in [1.165, 1.54) is 12.7 Å². The third-order valence-electron chi connectivity index (χ3n) is 3.33. The van der Waals surface area contributed by atoms with E-state index in [0.29, 0.717) is 0 Å². The lowest BCUT2D eigenvalue weighted by Crippen LogP contribution is -2.50. The Balaban J connectivity index is 2.13. The molecule has 2 aromatic rings. The molecule has 0 radical (unpaired) electrons. The Bertz CT molecular complexity index is 651. The normalized spacial score (nSPS) is 33.9. The van der Waals surface area contributed by atoms with E-state index in [4.69, 9.17) is 21.3 Å². The number of aliphatic hydroxyl groups is 2. The fourth-order valence-electron chi connectivity index (χ4n) is 2.25. The first-order valence-corrected chi connectivity index (χ1v) is 5.82. The first kappa shape index (κ1) is 13.1. The van der Waals surface area contributed by atoms with E-state index in [-0.39, 0.29) is 17.0 Å². The van der Waals surface area contributed by atoms with Crippen LogP contribution in [0.25, 0.3) is 11.2 Å². The SMILES string of the molecule is Nc1ncnc2c1ncn2[C@]1(N)O[C@H](CO)[C@@H](O)[C@H]1F. The highest BCUT2D eigenvalue weighted by Gasteiger charge is 2.55. The molecule has 0 saturated carbocycles.